The van der Waals surface area contributed by atoms with Gasteiger partial charge < -0.3 is 4.74 Å². The molecule has 0 amide bonds. The van der Waals surface area contributed by atoms with Crippen LogP contribution in [0.3, 0.4) is 0 Å². The average molecular weight is 304 g/mol. The molecular weight excluding hydrogens is 292 g/mol. The van der Waals surface area contributed by atoms with Gasteiger partial charge in [-0.1, -0.05) is 12.1 Å². The van der Waals surface area contributed by atoms with Gasteiger partial charge in [-0.15, -0.1) is 0 Å². The number of carbonyl (C=O) groups excluding carboxylic acids is 1. The molecule has 1 N–H and O–H groups in total. The molecule has 0 radical (unpaired) electrons. The standard InChI is InChI=1S/C17H12N4O2/c1-23-14-8-6-12(7-9-14)17(22)15-4-2-3-5-16(15)21-20-13(10-18)11-19/h2-9,21H,1H3. The van der Waals surface area contributed by atoms with Gasteiger partial charge in [0.15, 0.2) is 5.78 Å². The summed E-state index contributed by atoms with van der Waals surface area (Å²) in [4.78, 5) is 12.6. The SMILES string of the molecule is COc1ccc(C(=O)c2ccccc2NN=C(C#N)C#N)cc1. The molecule has 0 fully saturated rings. The first-order valence-corrected chi connectivity index (χ1v) is 6.61. The van der Waals surface area contributed by atoms with Gasteiger partial charge in [0.1, 0.15) is 17.9 Å². The zero-order valence-corrected chi connectivity index (χ0v) is 12.3. The Hall–Kier alpha value is -3.64. The van der Waals surface area contributed by atoms with E-state index >= 15 is 0 Å². The Morgan fingerprint density at radius 2 is 1.74 bits per heavy atom. The third-order valence-electron chi connectivity index (χ3n) is 3.02. The molecule has 2 aromatic rings. The Bertz CT molecular complexity index is 811. The lowest BCUT2D eigenvalue weighted by Gasteiger charge is -2.08. The highest BCUT2D eigenvalue weighted by atomic mass is 16.5. The van der Waals surface area contributed by atoms with Crippen molar-refractivity contribution in [3.8, 4) is 17.9 Å². The molecule has 23 heavy (non-hydrogen) atoms. The van der Waals surface area contributed by atoms with Crippen LogP contribution in [0.1, 0.15) is 15.9 Å². The molecule has 0 aliphatic heterocycles. The van der Waals surface area contributed by atoms with Crippen molar-refractivity contribution in [1.29, 1.82) is 10.5 Å². The molecular formula is C17H12N4O2. The van der Waals surface area contributed by atoms with Crippen molar-refractivity contribution in [2.45, 2.75) is 0 Å². The van der Waals surface area contributed by atoms with E-state index in [4.69, 9.17) is 15.3 Å². The lowest BCUT2D eigenvalue weighted by Crippen LogP contribution is -2.06. The third kappa shape index (κ3) is 3.72. The predicted molar refractivity (Wildman–Crippen MR) is 85.2 cm³/mol. The summed E-state index contributed by atoms with van der Waals surface area (Å²) in [5, 5.41) is 21.0. The van der Waals surface area contributed by atoms with Crippen LogP contribution in [-0.4, -0.2) is 18.6 Å². The minimum absolute atomic E-state index is 0.207. The van der Waals surface area contributed by atoms with Gasteiger partial charge in [0.25, 0.3) is 0 Å². The van der Waals surface area contributed by atoms with Crippen LogP contribution in [0.4, 0.5) is 5.69 Å². The van der Waals surface area contributed by atoms with E-state index in [1.54, 1.807) is 67.8 Å². The fourth-order valence-corrected chi connectivity index (χ4v) is 1.87. The van der Waals surface area contributed by atoms with E-state index in [2.05, 4.69) is 10.5 Å². The van der Waals surface area contributed by atoms with Crippen LogP contribution in [0.2, 0.25) is 0 Å². The number of benzene rings is 2. The zero-order chi connectivity index (χ0) is 16.7. The smallest absolute Gasteiger partial charge is 0.237 e. The minimum Gasteiger partial charge on any atom is -0.497 e. The van der Waals surface area contributed by atoms with Gasteiger partial charge in [0, 0.05) is 11.1 Å². The van der Waals surface area contributed by atoms with E-state index in [1.165, 1.54) is 0 Å². The van der Waals surface area contributed by atoms with Gasteiger partial charge in [-0.2, -0.15) is 15.6 Å². The summed E-state index contributed by atoms with van der Waals surface area (Å²) in [6.45, 7) is 0. The fraction of sp³-hybridized carbons (Fsp3) is 0.0588. The number of anilines is 1. The maximum atomic E-state index is 12.6. The summed E-state index contributed by atoms with van der Waals surface area (Å²) in [5.74, 6) is 0.451. The topological polar surface area (TPSA) is 98.3 Å². The van der Waals surface area contributed by atoms with Crippen LogP contribution < -0.4 is 10.2 Å². The number of nitriles is 2. The van der Waals surface area contributed by atoms with Crippen molar-refractivity contribution < 1.29 is 9.53 Å². The Labute approximate surface area is 133 Å². The van der Waals surface area contributed by atoms with Crippen molar-refractivity contribution in [2.75, 3.05) is 12.5 Å². The molecule has 0 saturated heterocycles. The van der Waals surface area contributed by atoms with Gasteiger partial charge >= 0.3 is 0 Å². The molecule has 0 aliphatic carbocycles. The first-order valence-electron chi connectivity index (χ1n) is 6.61. The summed E-state index contributed by atoms with van der Waals surface area (Å²) in [6, 6.07) is 16.7. The molecule has 0 atom stereocenters. The quantitative estimate of drug-likeness (QED) is 0.520. The minimum atomic E-state index is -0.323. The molecule has 0 spiro atoms. The van der Waals surface area contributed by atoms with Crippen LogP contribution in [0.25, 0.3) is 0 Å². The highest BCUT2D eigenvalue weighted by Gasteiger charge is 2.13. The molecule has 6 nitrogen and oxygen atoms in total. The lowest BCUT2D eigenvalue weighted by molar-refractivity contribution is 0.103. The normalized spacial score (nSPS) is 9.17. The summed E-state index contributed by atoms with van der Waals surface area (Å²) in [5.41, 5.74) is 3.55. The van der Waals surface area contributed by atoms with Crippen LogP contribution >= 0.6 is 0 Å². The van der Waals surface area contributed by atoms with Crippen molar-refractivity contribution >= 4 is 17.2 Å². The Balaban J connectivity index is 2.32. The highest BCUT2D eigenvalue weighted by molar-refractivity contribution is 6.13. The fourth-order valence-electron chi connectivity index (χ4n) is 1.87. The van der Waals surface area contributed by atoms with Crippen LogP contribution in [0.5, 0.6) is 5.75 Å². The second kappa shape index (κ2) is 7.39. The summed E-state index contributed by atoms with van der Waals surface area (Å²) in [7, 11) is 1.55. The van der Waals surface area contributed by atoms with Gasteiger partial charge in [-0.25, -0.2) is 0 Å². The van der Waals surface area contributed by atoms with E-state index in [0.29, 0.717) is 22.6 Å². The average Bonchev–Trinajstić information content (AvgIpc) is 2.62. The monoisotopic (exact) mass is 304 g/mol. The largest absolute Gasteiger partial charge is 0.497 e. The summed E-state index contributed by atoms with van der Waals surface area (Å²) < 4.78 is 5.07. The predicted octanol–water partition coefficient (Wildman–Crippen LogP) is 2.74. The van der Waals surface area contributed by atoms with E-state index < -0.39 is 0 Å². The molecule has 6 heteroatoms. The molecule has 0 unspecified atom stereocenters. The van der Waals surface area contributed by atoms with Gasteiger partial charge in [-0.05, 0) is 36.4 Å². The van der Waals surface area contributed by atoms with E-state index in [0.717, 1.165) is 0 Å². The molecule has 0 bridgehead atoms. The van der Waals surface area contributed by atoms with Crippen molar-refractivity contribution in [3.05, 3.63) is 59.7 Å². The maximum Gasteiger partial charge on any atom is 0.237 e. The van der Waals surface area contributed by atoms with Gasteiger partial charge in [-0.3, -0.25) is 10.2 Å². The Morgan fingerprint density at radius 1 is 1.09 bits per heavy atom. The number of ether oxygens (including phenoxy) is 1. The van der Waals surface area contributed by atoms with Crippen LogP contribution in [0, 0.1) is 22.7 Å². The maximum absolute atomic E-state index is 12.6. The molecule has 0 aromatic heterocycles. The van der Waals surface area contributed by atoms with Crippen LogP contribution in [-0.2, 0) is 0 Å². The number of hydrogen-bond donors (Lipinski definition) is 1. The number of hydrogen-bond acceptors (Lipinski definition) is 6. The van der Waals surface area contributed by atoms with Crippen LogP contribution in [0.15, 0.2) is 53.6 Å². The number of ketones is 1. The first kappa shape index (κ1) is 15.7. The van der Waals surface area contributed by atoms with Crippen molar-refractivity contribution in [3.63, 3.8) is 0 Å². The Morgan fingerprint density at radius 3 is 2.35 bits per heavy atom. The highest BCUT2D eigenvalue weighted by Crippen LogP contribution is 2.21. The first-order chi connectivity index (χ1) is 11.2. The molecule has 0 heterocycles. The lowest BCUT2D eigenvalue weighted by atomic mass is 10.0. The number of hydrazone groups is 1. The number of methoxy groups -OCH3 is 1. The molecule has 2 rings (SSSR count). The number of nitrogens with one attached hydrogen (secondary N) is 1. The number of rotatable bonds is 5. The van der Waals surface area contributed by atoms with E-state index in [9.17, 15) is 4.79 Å². The molecule has 2 aromatic carbocycles. The second-order valence-electron chi connectivity index (χ2n) is 4.40. The van der Waals surface area contributed by atoms with Gasteiger partial charge in [0.05, 0.1) is 12.8 Å². The number of carbonyl (C=O) groups is 1. The summed E-state index contributed by atoms with van der Waals surface area (Å²) >= 11 is 0. The zero-order valence-electron chi connectivity index (χ0n) is 12.3. The number of nitrogens with zero attached hydrogens (tertiary/aromatic N) is 3. The second-order valence-corrected chi connectivity index (χ2v) is 4.40. The van der Waals surface area contributed by atoms with E-state index in [-0.39, 0.29) is 11.5 Å². The molecule has 112 valence electrons. The van der Waals surface area contributed by atoms with Crippen molar-refractivity contribution in [1.82, 2.24) is 0 Å². The molecule has 0 aliphatic rings. The Kier molecular flexibility index (Phi) is 5.06. The number of para-hydroxylation sites is 1. The molecule has 0 saturated carbocycles. The van der Waals surface area contributed by atoms with Gasteiger partial charge in [0.2, 0.25) is 5.71 Å². The summed E-state index contributed by atoms with van der Waals surface area (Å²) in [6.07, 6.45) is 0. The van der Waals surface area contributed by atoms with E-state index in [1.807, 2.05) is 0 Å². The third-order valence-corrected chi connectivity index (χ3v) is 3.02. The van der Waals surface area contributed by atoms with Crippen molar-refractivity contribution in [2.24, 2.45) is 5.10 Å².